The van der Waals surface area contributed by atoms with Crippen LogP contribution in [0.15, 0.2) is 30.3 Å². The van der Waals surface area contributed by atoms with Crippen LogP contribution in [0.25, 0.3) is 0 Å². The van der Waals surface area contributed by atoms with Crippen LogP contribution in [0.3, 0.4) is 0 Å². The fourth-order valence-electron chi connectivity index (χ4n) is 3.35. The third-order valence-corrected chi connectivity index (χ3v) is 4.89. The Morgan fingerprint density at radius 1 is 1.35 bits per heavy atom. The lowest BCUT2D eigenvalue weighted by molar-refractivity contribution is -0.122. The van der Waals surface area contributed by atoms with E-state index in [9.17, 15) is 9.90 Å². The van der Waals surface area contributed by atoms with Crippen molar-refractivity contribution in [1.29, 1.82) is 0 Å². The summed E-state index contributed by atoms with van der Waals surface area (Å²) in [5.41, 5.74) is 0.907. The molecule has 23 heavy (non-hydrogen) atoms. The number of aliphatic hydroxyl groups excluding tert-OH is 1. The number of ether oxygens (including phenoxy) is 2. The monoisotopic (exact) mass is 319 g/mol. The second-order valence-corrected chi connectivity index (χ2v) is 6.81. The molecule has 2 atom stereocenters. The summed E-state index contributed by atoms with van der Waals surface area (Å²) in [7, 11) is 0. The van der Waals surface area contributed by atoms with Gasteiger partial charge in [0.2, 0.25) is 0 Å². The molecule has 0 unspecified atom stereocenters. The van der Waals surface area contributed by atoms with Crippen molar-refractivity contribution in [2.75, 3.05) is 13.2 Å². The summed E-state index contributed by atoms with van der Waals surface area (Å²) in [6, 6.07) is 9.38. The van der Waals surface area contributed by atoms with E-state index in [1.54, 1.807) is 4.90 Å². The average Bonchev–Trinajstić information content (AvgIpc) is 2.95. The van der Waals surface area contributed by atoms with Gasteiger partial charge in [0.05, 0.1) is 30.9 Å². The molecule has 0 spiro atoms. The maximum absolute atomic E-state index is 12.3. The molecule has 1 saturated heterocycles. The van der Waals surface area contributed by atoms with E-state index in [-0.39, 0.29) is 37.1 Å². The van der Waals surface area contributed by atoms with Crippen LogP contribution in [0.2, 0.25) is 0 Å². The SMILES string of the molecule is CC1(O[C@@H]2C[C@@H](CO)N(C(=O)OCc3ccccc3)C2)CCC1. The second kappa shape index (κ2) is 6.89. The fourth-order valence-corrected chi connectivity index (χ4v) is 3.35. The van der Waals surface area contributed by atoms with Crippen molar-refractivity contribution >= 4 is 6.09 Å². The van der Waals surface area contributed by atoms with Gasteiger partial charge < -0.3 is 19.5 Å². The molecule has 2 fully saturated rings. The Morgan fingerprint density at radius 2 is 2.09 bits per heavy atom. The molecule has 0 bridgehead atoms. The zero-order valence-electron chi connectivity index (χ0n) is 13.6. The Bertz CT molecular complexity index is 529. The average molecular weight is 319 g/mol. The van der Waals surface area contributed by atoms with Crippen LogP contribution in [0.1, 0.15) is 38.2 Å². The van der Waals surface area contributed by atoms with E-state index in [4.69, 9.17) is 9.47 Å². The number of carbonyl (C=O) groups is 1. The number of hydrogen-bond acceptors (Lipinski definition) is 4. The molecule has 1 heterocycles. The molecule has 1 aromatic rings. The van der Waals surface area contributed by atoms with E-state index in [1.807, 2.05) is 30.3 Å². The summed E-state index contributed by atoms with van der Waals surface area (Å²) in [4.78, 5) is 13.9. The molecule has 1 aromatic carbocycles. The quantitative estimate of drug-likeness (QED) is 0.906. The van der Waals surface area contributed by atoms with Crippen LogP contribution < -0.4 is 0 Å². The number of rotatable bonds is 5. The maximum atomic E-state index is 12.3. The van der Waals surface area contributed by atoms with Crippen molar-refractivity contribution in [2.24, 2.45) is 0 Å². The van der Waals surface area contributed by atoms with Crippen molar-refractivity contribution in [3.8, 4) is 0 Å². The predicted molar refractivity (Wildman–Crippen MR) is 86.0 cm³/mol. The molecule has 3 rings (SSSR count). The molecule has 5 heteroatoms. The molecule has 1 aliphatic carbocycles. The van der Waals surface area contributed by atoms with Crippen molar-refractivity contribution in [3.05, 3.63) is 35.9 Å². The van der Waals surface area contributed by atoms with Gasteiger partial charge in [-0.15, -0.1) is 0 Å². The summed E-state index contributed by atoms with van der Waals surface area (Å²) in [5.74, 6) is 0. The summed E-state index contributed by atoms with van der Waals surface area (Å²) in [6.07, 6.45) is 3.64. The number of aliphatic hydroxyl groups is 1. The first-order valence-electron chi connectivity index (χ1n) is 8.36. The van der Waals surface area contributed by atoms with Gasteiger partial charge in [-0.1, -0.05) is 30.3 Å². The highest BCUT2D eigenvalue weighted by Gasteiger charge is 2.42. The Kier molecular flexibility index (Phi) is 4.87. The van der Waals surface area contributed by atoms with Gasteiger partial charge in [0.1, 0.15) is 6.61 Å². The lowest BCUT2D eigenvalue weighted by Gasteiger charge is -2.40. The molecule has 2 aliphatic rings. The number of likely N-dealkylation sites (tertiary alicyclic amines) is 1. The Balaban J connectivity index is 1.53. The maximum Gasteiger partial charge on any atom is 0.410 e. The smallest absolute Gasteiger partial charge is 0.410 e. The zero-order chi connectivity index (χ0) is 16.3. The van der Waals surface area contributed by atoms with E-state index in [2.05, 4.69) is 6.92 Å². The van der Waals surface area contributed by atoms with Gasteiger partial charge in [-0.25, -0.2) is 4.79 Å². The first-order valence-corrected chi connectivity index (χ1v) is 8.36. The van der Waals surface area contributed by atoms with Gasteiger partial charge in [0.15, 0.2) is 0 Å². The molecule has 1 saturated carbocycles. The first-order chi connectivity index (χ1) is 11.1. The molecular weight excluding hydrogens is 294 g/mol. The van der Waals surface area contributed by atoms with Gasteiger partial charge in [0, 0.05) is 0 Å². The van der Waals surface area contributed by atoms with Crippen LogP contribution in [-0.2, 0) is 16.1 Å². The zero-order valence-corrected chi connectivity index (χ0v) is 13.6. The first kappa shape index (κ1) is 16.3. The molecule has 1 aliphatic heterocycles. The van der Waals surface area contributed by atoms with Crippen molar-refractivity contribution in [3.63, 3.8) is 0 Å². The predicted octanol–water partition coefficient (Wildman–Crippen LogP) is 2.72. The van der Waals surface area contributed by atoms with Gasteiger partial charge in [-0.2, -0.15) is 0 Å². The van der Waals surface area contributed by atoms with Crippen LogP contribution in [0.5, 0.6) is 0 Å². The van der Waals surface area contributed by atoms with Gasteiger partial charge in [0.25, 0.3) is 0 Å². The Morgan fingerprint density at radius 3 is 2.70 bits per heavy atom. The number of benzene rings is 1. The Hall–Kier alpha value is -1.59. The van der Waals surface area contributed by atoms with E-state index >= 15 is 0 Å². The lowest BCUT2D eigenvalue weighted by atomic mass is 9.81. The van der Waals surface area contributed by atoms with Crippen molar-refractivity contribution in [1.82, 2.24) is 4.90 Å². The van der Waals surface area contributed by atoms with E-state index in [0.29, 0.717) is 13.0 Å². The van der Waals surface area contributed by atoms with Gasteiger partial charge in [-0.3, -0.25) is 0 Å². The fraction of sp³-hybridized carbons (Fsp3) is 0.611. The van der Waals surface area contributed by atoms with Crippen LogP contribution in [-0.4, -0.2) is 47.0 Å². The van der Waals surface area contributed by atoms with E-state index in [1.165, 1.54) is 6.42 Å². The highest BCUT2D eigenvalue weighted by atomic mass is 16.6. The molecular formula is C18H25NO4. The Labute approximate surface area is 137 Å². The number of carbonyl (C=O) groups excluding carboxylic acids is 1. The number of amides is 1. The molecule has 1 N–H and O–H groups in total. The van der Waals surface area contributed by atoms with Crippen molar-refractivity contribution < 1.29 is 19.4 Å². The molecule has 0 radical (unpaired) electrons. The van der Waals surface area contributed by atoms with E-state index < -0.39 is 0 Å². The highest BCUT2D eigenvalue weighted by Crippen LogP contribution is 2.38. The normalized spacial score (nSPS) is 25.9. The minimum atomic E-state index is -0.377. The topological polar surface area (TPSA) is 59.0 Å². The third-order valence-electron chi connectivity index (χ3n) is 4.89. The second-order valence-electron chi connectivity index (χ2n) is 6.81. The van der Waals surface area contributed by atoms with Gasteiger partial charge in [-0.05, 0) is 38.2 Å². The summed E-state index contributed by atoms with van der Waals surface area (Å²) < 4.78 is 11.5. The molecule has 1 amide bonds. The molecule has 126 valence electrons. The lowest BCUT2D eigenvalue weighted by Crippen LogP contribution is -2.41. The van der Waals surface area contributed by atoms with Crippen molar-refractivity contribution in [2.45, 2.75) is 57.0 Å². The largest absolute Gasteiger partial charge is 0.445 e. The standard InChI is InChI=1S/C18H25NO4/c1-18(8-5-9-18)23-16-10-15(12-20)19(11-16)17(21)22-13-14-6-3-2-4-7-14/h2-4,6-7,15-16,20H,5,8-13H2,1H3/t15-,16+/m0/s1. The molecule has 0 aromatic heterocycles. The van der Waals surface area contributed by atoms with E-state index in [0.717, 1.165) is 18.4 Å². The highest BCUT2D eigenvalue weighted by molar-refractivity contribution is 5.68. The van der Waals surface area contributed by atoms with Crippen LogP contribution in [0, 0.1) is 0 Å². The third kappa shape index (κ3) is 3.85. The summed E-state index contributed by atoms with van der Waals surface area (Å²) >= 11 is 0. The molecule has 5 nitrogen and oxygen atoms in total. The van der Waals surface area contributed by atoms with Crippen LogP contribution >= 0.6 is 0 Å². The minimum Gasteiger partial charge on any atom is -0.445 e. The summed E-state index contributed by atoms with van der Waals surface area (Å²) in [6.45, 7) is 2.81. The van der Waals surface area contributed by atoms with Gasteiger partial charge >= 0.3 is 6.09 Å². The minimum absolute atomic E-state index is 0.0123. The summed E-state index contributed by atoms with van der Waals surface area (Å²) in [5, 5.41) is 9.55. The van der Waals surface area contributed by atoms with Crippen LogP contribution in [0.4, 0.5) is 4.79 Å². The number of nitrogens with zero attached hydrogens (tertiary/aromatic N) is 1. The number of hydrogen-bond donors (Lipinski definition) is 1.